The van der Waals surface area contributed by atoms with Crippen molar-refractivity contribution in [3.8, 4) is 0 Å². The fraction of sp³-hybridized carbons (Fsp3) is 0.444. The van der Waals surface area contributed by atoms with Crippen molar-refractivity contribution in [2.45, 2.75) is 64.6 Å². The summed E-state index contributed by atoms with van der Waals surface area (Å²) in [5.74, 6) is -0.795. The lowest BCUT2D eigenvalue weighted by Gasteiger charge is -2.31. The summed E-state index contributed by atoms with van der Waals surface area (Å²) >= 11 is 0. The first-order valence-electron chi connectivity index (χ1n) is 11.6. The van der Waals surface area contributed by atoms with Gasteiger partial charge in [-0.1, -0.05) is 69.3 Å². The molecule has 0 saturated carbocycles. The van der Waals surface area contributed by atoms with Crippen LogP contribution in [0.1, 0.15) is 56.0 Å². The molecule has 2 N–H and O–H groups in total. The van der Waals surface area contributed by atoms with Gasteiger partial charge in [-0.2, -0.15) is 0 Å². The number of Topliss-reactive ketones (excluding diaryl/α,β-unsaturated/α-hetero) is 1. The Labute approximate surface area is 196 Å². The minimum atomic E-state index is -0.769. The van der Waals surface area contributed by atoms with Crippen molar-refractivity contribution in [2.75, 3.05) is 6.61 Å². The SMILES string of the molecule is CC[C@@H]1OCC(=O)C1NC(=O)C(CC(C)(C)CCc1ccccc1)NC(=O)c1ccccc1. The van der Waals surface area contributed by atoms with Gasteiger partial charge in [0.1, 0.15) is 18.7 Å². The number of carbonyl (C=O) groups is 3. The van der Waals surface area contributed by atoms with Crippen molar-refractivity contribution in [1.82, 2.24) is 10.6 Å². The Morgan fingerprint density at radius 1 is 1.06 bits per heavy atom. The first-order chi connectivity index (χ1) is 15.8. The van der Waals surface area contributed by atoms with E-state index < -0.39 is 12.1 Å². The normalized spacial score (nSPS) is 19.2. The molecule has 1 aliphatic rings. The zero-order valence-corrected chi connectivity index (χ0v) is 19.7. The van der Waals surface area contributed by atoms with Gasteiger partial charge >= 0.3 is 0 Å². The zero-order chi connectivity index (χ0) is 23.8. The maximum Gasteiger partial charge on any atom is 0.251 e. The van der Waals surface area contributed by atoms with Gasteiger partial charge in [-0.25, -0.2) is 0 Å². The molecule has 2 unspecified atom stereocenters. The van der Waals surface area contributed by atoms with Crippen LogP contribution in [0.2, 0.25) is 0 Å². The standard InChI is InChI=1S/C27H34N2O4/c1-4-23-24(22(30)18-33-23)29-26(32)21(28-25(31)20-13-9-6-10-14-20)17-27(2,3)16-15-19-11-7-5-8-12-19/h5-14,21,23-24H,4,15-18H2,1-3H3,(H,28,31)(H,29,32)/t21?,23-,24?/m0/s1. The topological polar surface area (TPSA) is 84.5 Å². The Morgan fingerprint density at radius 2 is 1.70 bits per heavy atom. The molecule has 6 heteroatoms. The zero-order valence-electron chi connectivity index (χ0n) is 19.7. The van der Waals surface area contributed by atoms with Crippen molar-refractivity contribution < 1.29 is 19.1 Å². The number of aryl methyl sites for hydroxylation is 1. The average Bonchev–Trinajstić information content (AvgIpc) is 3.17. The molecular weight excluding hydrogens is 416 g/mol. The second kappa shape index (κ2) is 11.2. The van der Waals surface area contributed by atoms with E-state index in [1.807, 2.05) is 31.2 Å². The van der Waals surface area contributed by atoms with Crippen LogP contribution in [0, 0.1) is 5.41 Å². The van der Waals surface area contributed by atoms with Gasteiger partial charge in [0.15, 0.2) is 5.78 Å². The molecule has 0 bridgehead atoms. The molecule has 0 spiro atoms. The second-order valence-electron chi connectivity index (χ2n) is 9.46. The molecule has 3 atom stereocenters. The summed E-state index contributed by atoms with van der Waals surface area (Å²) in [5.41, 5.74) is 1.51. The highest BCUT2D eigenvalue weighted by Crippen LogP contribution is 2.29. The summed E-state index contributed by atoms with van der Waals surface area (Å²) in [4.78, 5) is 38.4. The highest BCUT2D eigenvalue weighted by molar-refractivity contribution is 5.99. The van der Waals surface area contributed by atoms with Crippen molar-refractivity contribution >= 4 is 17.6 Å². The third-order valence-corrected chi connectivity index (χ3v) is 6.21. The van der Waals surface area contributed by atoms with Gasteiger partial charge < -0.3 is 15.4 Å². The molecule has 1 fully saturated rings. The van der Waals surface area contributed by atoms with Gasteiger partial charge in [0.25, 0.3) is 5.91 Å². The Bertz CT molecular complexity index is 943. The van der Waals surface area contributed by atoms with E-state index in [1.54, 1.807) is 24.3 Å². The maximum atomic E-state index is 13.3. The summed E-state index contributed by atoms with van der Waals surface area (Å²) in [6, 6.07) is 17.6. The Morgan fingerprint density at radius 3 is 2.33 bits per heavy atom. The molecule has 2 amide bonds. The van der Waals surface area contributed by atoms with Crippen LogP contribution in [0.3, 0.4) is 0 Å². The van der Waals surface area contributed by atoms with Crippen LogP contribution in [-0.4, -0.2) is 42.4 Å². The van der Waals surface area contributed by atoms with Gasteiger partial charge in [-0.3, -0.25) is 14.4 Å². The minimum Gasteiger partial charge on any atom is -0.368 e. The fourth-order valence-corrected chi connectivity index (χ4v) is 4.19. The summed E-state index contributed by atoms with van der Waals surface area (Å²) in [6.45, 7) is 6.13. The van der Waals surface area contributed by atoms with E-state index in [2.05, 4.69) is 36.6 Å². The molecule has 3 rings (SSSR count). The predicted octanol–water partition coefficient (Wildman–Crippen LogP) is 3.70. The van der Waals surface area contributed by atoms with Gasteiger partial charge in [0.2, 0.25) is 5.91 Å². The number of rotatable bonds is 10. The Balaban J connectivity index is 1.73. The minimum absolute atomic E-state index is 0.00701. The van der Waals surface area contributed by atoms with Gasteiger partial charge in [-0.05, 0) is 48.8 Å². The number of benzene rings is 2. The summed E-state index contributed by atoms with van der Waals surface area (Å²) in [7, 11) is 0. The molecule has 33 heavy (non-hydrogen) atoms. The van der Waals surface area contributed by atoms with Crippen LogP contribution in [0.4, 0.5) is 0 Å². The van der Waals surface area contributed by atoms with Gasteiger partial charge in [0, 0.05) is 5.56 Å². The van der Waals surface area contributed by atoms with E-state index in [9.17, 15) is 14.4 Å². The lowest BCUT2D eigenvalue weighted by Crippen LogP contribution is -2.54. The van der Waals surface area contributed by atoms with Crippen LogP contribution >= 0.6 is 0 Å². The van der Waals surface area contributed by atoms with Crippen molar-refractivity contribution in [1.29, 1.82) is 0 Å². The monoisotopic (exact) mass is 450 g/mol. The van der Waals surface area contributed by atoms with Gasteiger partial charge in [0.05, 0.1) is 6.10 Å². The smallest absolute Gasteiger partial charge is 0.251 e. The first kappa shape index (κ1) is 24.6. The molecular formula is C27H34N2O4. The number of hydrogen-bond acceptors (Lipinski definition) is 4. The van der Waals surface area contributed by atoms with E-state index in [0.717, 1.165) is 12.8 Å². The summed E-state index contributed by atoms with van der Waals surface area (Å²) in [6.07, 6.45) is 2.47. The quantitative estimate of drug-likeness (QED) is 0.578. The van der Waals surface area contributed by atoms with Crippen molar-refractivity contribution in [3.05, 3.63) is 71.8 Å². The Kier molecular flexibility index (Phi) is 8.39. The number of ether oxygens (including phenoxy) is 1. The lowest BCUT2D eigenvalue weighted by molar-refractivity contribution is -0.128. The second-order valence-corrected chi connectivity index (χ2v) is 9.46. The fourth-order valence-electron chi connectivity index (χ4n) is 4.19. The number of hydrogen-bond donors (Lipinski definition) is 2. The molecule has 0 radical (unpaired) electrons. The van der Waals surface area contributed by atoms with Crippen molar-refractivity contribution in [2.24, 2.45) is 5.41 Å². The molecule has 1 aliphatic heterocycles. The van der Waals surface area contributed by atoms with Crippen LogP contribution in [0.15, 0.2) is 60.7 Å². The molecule has 1 heterocycles. The molecule has 0 aromatic heterocycles. The van der Waals surface area contributed by atoms with E-state index >= 15 is 0 Å². The molecule has 2 aromatic carbocycles. The first-order valence-corrected chi connectivity index (χ1v) is 11.6. The molecule has 0 aliphatic carbocycles. The molecule has 1 saturated heterocycles. The highest BCUT2D eigenvalue weighted by atomic mass is 16.5. The number of carbonyl (C=O) groups excluding carboxylic acids is 3. The number of ketones is 1. The molecule has 2 aromatic rings. The predicted molar refractivity (Wildman–Crippen MR) is 128 cm³/mol. The highest BCUT2D eigenvalue weighted by Gasteiger charge is 2.38. The largest absolute Gasteiger partial charge is 0.368 e. The summed E-state index contributed by atoms with van der Waals surface area (Å²) < 4.78 is 5.49. The third-order valence-electron chi connectivity index (χ3n) is 6.21. The van der Waals surface area contributed by atoms with E-state index in [4.69, 9.17) is 4.74 Å². The number of amides is 2. The van der Waals surface area contributed by atoms with Crippen LogP contribution in [0.5, 0.6) is 0 Å². The molecule has 176 valence electrons. The van der Waals surface area contributed by atoms with E-state index in [-0.39, 0.29) is 35.7 Å². The summed E-state index contributed by atoms with van der Waals surface area (Å²) in [5, 5.41) is 5.76. The van der Waals surface area contributed by atoms with Crippen LogP contribution < -0.4 is 10.6 Å². The lowest BCUT2D eigenvalue weighted by atomic mass is 9.80. The third kappa shape index (κ3) is 6.99. The molecule has 6 nitrogen and oxygen atoms in total. The number of nitrogens with one attached hydrogen (secondary N) is 2. The van der Waals surface area contributed by atoms with E-state index in [1.165, 1.54) is 5.56 Å². The van der Waals surface area contributed by atoms with Crippen molar-refractivity contribution in [3.63, 3.8) is 0 Å². The maximum absolute atomic E-state index is 13.3. The van der Waals surface area contributed by atoms with E-state index in [0.29, 0.717) is 18.4 Å². The van der Waals surface area contributed by atoms with Crippen LogP contribution in [0.25, 0.3) is 0 Å². The Hall–Kier alpha value is -2.99. The van der Waals surface area contributed by atoms with Crippen LogP contribution in [-0.2, 0) is 20.7 Å². The van der Waals surface area contributed by atoms with Gasteiger partial charge in [-0.15, -0.1) is 0 Å². The average molecular weight is 451 g/mol.